The maximum absolute atomic E-state index is 13.2. The Balaban J connectivity index is 2.36. The van der Waals surface area contributed by atoms with Crippen molar-refractivity contribution in [3.8, 4) is 0 Å². The van der Waals surface area contributed by atoms with Gasteiger partial charge in [-0.15, -0.1) is 10.2 Å². The third-order valence-corrected chi connectivity index (χ3v) is 3.48. The molecule has 17 heavy (non-hydrogen) atoms. The van der Waals surface area contributed by atoms with E-state index in [4.69, 9.17) is 5.73 Å². The van der Waals surface area contributed by atoms with Gasteiger partial charge in [-0.2, -0.15) is 0 Å². The monoisotopic (exact) mass is 252 g/mol. The van der Waals surface area contributed by atoms with Crippen molar-refractivity contribution in [3.05, 3.63) is 35.9 Å². The van der Waals surface area contributed by atoms with E-state index in [1.165, 1.54) is 23.9 Å². The van der Waals surface area contributed by atoms with Crippen molar-refractivity contribution in [2.75, 3.05) is 0 Å². The van der Waals surface area contributed by atoms with Crippen LogP contribution in [0.4, 0.5) is 4.39 Å². The summed E-state index contributed by atoms with van der Waals surface area (Å²) in [6.07, 6.45) is 1.62. The van der Waals surface area contributed by atoms with Gasteiger partial charge in [-0.1, -0.05) is 0 Å². The van der Waals surface area contributed by atoms with Crippen LogP contribution in [-0.4, -0.2) is 14.8 Å². The van der Waals surface area contributed by atoms with E-state index in [9.17, 15) is 4.39 Å². The maximum Gasteiger partial charge on any atom is 0.195 e. The highest BCUT2D eigenvalue weighted by molar-refractivity contribution is 7.99. The molecule has 2 rings (SSSR count). The Morgan fingerprint density at radius 3 is 2.82 bits per heavy atom. The van der Waals surface area contributed by atoms with E-state index in [1.54, 1.807) is 17.0 Å². The molecule has 90 valence electrons. The van der Waals surface area contributed by atoms with Gasteiger partial charge in [0.2, 0.25) is 0 Å². The van der Waals surface area contributed by atoms with Crippen LogP contribution >= 0.6 is 11.8 Å². The highest BCUT2D eigenvalue weighted by Gasteiger charge is 2.12. The van der Waals surface area contributed by atoms with Crippen LogP contribution in [0.5, 0.6) is 0 Å². The molecule has 0 radical (unpaired) electrons. The first kappa shape index (κ1) is 12.1. The molecule has 1 aromatic heterocycles. The van der Waals surface area contributed by atoms with Gasteiger partial charge in [0.25, 0.3) is 0 Å². The molecule has 0 spiro atoms. The Kier molecular flexibility index (Phi) is 3.44. The molecule has 0 fully saturated rings. The summed E-state index contributed by atoms with van der Waals surface area (Å²) >= 11 is 1.43. The molecule has 2 aromatic rings. The van der Waals surface area contributed by atoms with Crippen LogP contribution in [0, 0.1) is 5.82 Å². The highest BCUT2D eigenvalue weighted by Crippen LogP contribution is 2.31. The van der Waals surface area contributed by atoms with Gasteiger partial charge in [-0.25, -0.2) is 4.39 Å². The molecule has 1 aromatic carbocycles. The lowest BCUT2D eigenvalue weighted by Crippen LogP contribution is -2.07. The summed E-state index contributed by atoms with van der Waals surface area (Å²) in [5.74, 6) is -0.278. The zero-order chi connectivity index (χ0) is 12.4. The molecule has 0 aliphatic carbocycles. The second-order valence-corrected chi connectivity index (χ2v) is 4.81. The number of hydrogen-bond donors (Lipinski definition) is 1. The van der Waals surface area contributed by atoms with Crippen LogP contribution in [0.25, 0.3) is 0 Å². The van der Waals surface area contributed by atoms with Gasteiger partial charge in [0.15, 0.2) is 5.16 Å². The summed E-state index contributed by atoms with van der Waals surface area (Å²) in [7, 11) is 1.86. The van der Waals surface area contributed by atoms with Crippen molar-refractivity contribution in [3.63, 3.8) is 0 Å². The zero-order valence-corrected chi connectivity index (χ0v) is 10.4. The standard InChI is InChI=1S/C11H13FN4S/c1-7(13)9-5-8(12)3-4-10(9)17-11-15-14-6-16(11)2/h3-7H,13H2,1-2H3/t7-/m1/s1. The molecule has 0 saturated heterocycles. The molecule has 0 aliphatic heterocycles. The number of rotatable bonds is 3. The predicted molar refractivity (Wildman–Crippen MR) is 64.1 cm³/mol. The van der Waals surface area contributed by atoms with Crippen molar-refractivity contribution in [1.82, 2.24) is 14.8 Å². The van der Waals surface area contributed by atoms with Crippen LogP contribution in [0.3, 0.4) is 0 Å². The molecule has 4 nitrogen and oxygen atoms in total. The fourth-order valence-electron chi connectivity index (χ4n) is 1.43. The summed E-state index contributed by atoms with van der Waals surface area (Å²) in [5.41, 5.74) is 6.60. The maximum atomic E-state index is 13.2. The summed E-state index contributed by atoms with van der Waals surface area (Å²) in [5, 5.41) is 8.52. The minimum absolute atomic E-state index is 0.221. The summed E-state index contributed by atoms with van der Waals surface area (Å²) in [4.78, 5) is 0.900. The second kappa shape index (κ2) is 4.85. The molecular weight excluding hydrogens is 239 g/mol. The molecule has 0 amide bonds. The number of aryl methyl sites for hydroxylation is 1. The fraction of sp³-hybridized carbons (Fsp3) is 0.273. The van der Waals surface area contributed by atoms with Gasteiger partial charge in [0, 0.05) is 18.0 Å². The van der Waals surface area contributed by atoms with Crippen LogP contribution in [0.15, 0.2) is 34.6 Å². The Labute approximate surface area is 103 Å². The molecule has 0 saturated carbocycles. The Morgan fingerprint density at radius 1 is 1.47 bits per heavy atom. The molecule has 2 N–H and O–H groups in total. The lowest BCUT2D eigenvalue weighted by Gasteiger charge is -2.11. The molecule has 6 heteroatoms. The molecule has 0 aliphatic rings. The first-order valence-electron chi connectivity index (χ1n) is 5.15. The van der Waals surface area contributed by atoms with Gasteiger partial charge in [-0.05, 0) is 42.4 Å². The average molecular weight is 252 g/mol. The van der Waals surface area contributed by atoms with Crippen molar-refractivity contribution < 1.29 is 4.39 Å². The Morgan fingerprint density at radius 2 is 2.24 bits per heavy atom. The van der Waals surface area contributed by atoms with E-state index in [2.05, 4.69) is 10.2 Å². The predicted octanol–water partition coefficient (Wildman–Crippen LogP) is 2.13. The number of aromatic nitrogens is 3. The fourth-order valence-corrected chi connectivity index (χ4v) is 2.41. The van der Waals surface area contributed by atoms with Crippen molar-refractivity contribution in [2.24, 2.45) is 12.8 Å². The molecular formula is C11H13FN4S. The number of halogens is 1. The van der Waals surface area contributed by atoms with Crippen LogP contribution in [0.1, 0.15) is 18.5 Å². The molecule has 0 unspecified atom stereocenters. The summed E-state index contributed by atoms with van der Waals surface area (Å²) in [6, 6.07) is 4.38. The lowest BCUT2D eigenvalue weighted by molar-refractivity contribution is 0.619. The number of nitrogens with two attached hydrogens (primary N) is 1. The van der Waals surface area contributed by atoms with Gasteiger partial charge in [0.1, 0.15) is 12.1 Å². The van der Waals surface area contributed by atoms with Crippen LogP contribution in [0.2, 0.25) is 0 Å². The molecule has 1 atom stereocenters. The Hall–Kier alpha value is -1.40. The minimum Gasteiger partial charge on any atom is -0.324 e. The van der Waals surface area contributed by atoms with Gasteiger partial charge in [-0.3, -0.25) is 0 Å². The lowest BCUT2D eigenvalue weighted by atomic mass is 10.1. The average Bonchev–Trinajstić information content (AvgIpc) is 2.67. The van der Waals surface area contributed by atoms with E-state index in [0.29, 0.717) is 0 Å². The van der Waals surface area contributed by atoms with E-state index in [0.717, 1.165) is 15.6 Å². The van der Waals surface area contributed by atoms with Gasteiger partial charge >= 0.3 is 0 Å². The first-order chi connectivity index (χ1) is 8.08. The first-order valence-corrected chi connectivity index (χ1v) is 5.96. The smallest absolute Gasteiger partial charge is 0.195 e. The zero-order valence-electron chi connectivity index (χ0n) is 9.59. The topological polar surface area (TPSA) is 56.7 Å². The summed E-state index contributed by atoms with van der Waals surface area (Å²) < 4.78 is 15.0. The number of nitrogens with zero attached hydrogens (tertiary/aromatic N) is 3. The summed E-state index contributed by atoms with van der Waals surface area (Å²) in [6.45, 7) is 1.83. The van der Waals surface area contributed by atoms with E-state index in [-0.39, 0.29) is 11.9 Å². The Bertz CT molecular complexity index is 524. The minimum atomic E-state index is -0.278. The largest absolute Gasteiger partial charge is 0.324 e. The van der Waals surface area contributed by atoms with E-state index >= 15 is 0 Å². The van der Waals surface area contributed by atoms with Crippen molar-refractivity contribution >= 4 is 11.8 Å². The van der Waals surface area contributed by atoms with Gasteiger partial charge in [0.05, 0.1) is 0 Å². The van der Waals surface area contributed by atoms with E-state index < -0.39 is 0 Å². The van der Waals surface area contributed by atoms with Gasteiger partial charge < -0.3 is 10.3 Å². The second-order valence-electron chi connectivity index (χ2n) is 3.80. The van der Waals surface area contributed by atoms with E-state index in [1.807, 2.05) is 14.0 Å². The number of hydrogen-bond acceptors (Lipinski definition) is 4. The highest BCUT2D eigenvalue weighted by atomic mass is 32.2. The third kappa shape index (κ3) is 2.65. The quantitative estimate of drug-likeness (QED) is 0.909. The SMILES string of the molecule is C[C@@H](N)c1cc(F)ccc1Sc1nncn1C. The van der Waals surface area contributed by atoms with Crippen LogP contribution in [-0.2, 0) is 7.05 Å². The molecule has 0 bridgehead atoms. The van der Waals surface area contributed by atoms with Crippen molar-refractivity contribution in [2.45, 2.75) is 23.0 Å². The molecule has 1 heterocycles. The van der Waals surface area contributed by atoms with Crippen LogP contribution < -0.4 is 5.73 Å². The number of benzene rings is 1. The normalized spacial score (nSPS) is 12.7. The third-order valence-electron chi connectivity index (χ3n) is 2.33. The van der Waals surface area contributed by atoms with Crippen molar-refractivity contribution in [1.29, 1.82) is 0 Å².